The van der Waals surface area contributed by atoms with Gasteiger partial charge in [-0.15, -0.1) is 0 Å². The number of carbonyl (C=O) groups is 1. The second-order valence-corrected chi connectivity index (χ2v) is 6.28. The second kappa shape index (κ2) is 3.47. The molecule has 2 nitrogen and oxygen atoms in total. The molecule has 18 heavy (non-hydrogen) atoms. The highest BCUT2D eigenvalue weighted by atomic mass is 16.1. The fraction of sp³-hybridized carbons (Fsp3) is 0.438. The molecule has 0 radical (unpaired) electrons. The number of aromatic nitrogens is 1. The fourth-order valence-corrected chi connectivity index (χ4v) is 2.79. The molecule has 1 aromatic heterocycles. The predicted octanol–water partition coefficient (Wildman–Crippen LogP) is 3.72. The maximum absolute atomic E-state index is 12.5. The van der Waals surface area contributed by atoms with Gasteiger partial charge in [0.15, 0.2) is 5.78 Å². The Hall–Kier alpha value is -1.57. The quantitative estimate of drug-likeness (QED) is 0.734. The maximum atomic E-state index is 12.5. The number of fused-ring (bicyclic) bond motifs is 1. The van der Waals surface area contributed by atoms with Crippen molar-refractivity contribution in [2.24, 2.45) is 18.4 Å². The highest BCUT2D eigenvalue weighted by Gasteiger charge is 2.50. The molecule has 0 bridgehead atoms. The molecular formula is C16H19NO. The number of aryl methyl sites for hydroxylation is 2. The Morgan fingerprint density at radius 3 is 2.67 bits per heavy atom. The van der Waals surface area contributed by atoms with Crippen LogP contribution in [0.25, 0.3) is 10.9 Å². The van der Waals surface area contributed by atoms with Crippen molar-refractivity contribution in [3.05, 3.63) is 35.5 Å². The fourth-order valence-electron chi connectivity index (χ4n) is 2.79. The first-order valence-electron chi connectivity index (χ1n) is 6.50. The van der Waals surface area contributed by atoms with Crippen molar-refractivity contribution in [3.63, 3.8) is 0 Å². The van der Waals surface area contributed by atoms with Crippen LogP contribution < -0.4 is 0 Å². The molecule has 1 aliphatic rings. The standard InChI is InChI=1S/C16H19NO/c1-10-5-6-11-12(9-17(4)14(11)7-10)15(18)13-8-16(13,2)3/h5-7,9,13H,8H2,1-4H3. The van der Waals surface area contributed by atoms with Crippen LogP contribution in [0.2, 0.25) is 0 Å². The van der Waals surface area contributed by atoms with Crippen LogP contribution in [0.5, 0.6) is 0 Å². The smallest absolute Gasteiger partial charge is 0.168 e. The van der Waals surface area contributed by atoms with Gasteiger partial charge in [-0.05, 0) is 30.4 Å². The van der Waals surface area contributed by atoms with Crippen LogP contribution in [0.4, 0.5) is 0 Å². The number of ketones is 1. The van der Waals surface area contributed by atoms with Gasteiger partial charge in [0.25, 0.3) is 0 Å². The van der Waals surface area contributed by atoms with E-state index in [2.05, 4.69) is 43.5 Å². The Morgan fingerprint density at radius 2 is 2.06 bits per heavy atom. The van der Waals surface area contributed by atoms with Crippen molar-refractivity contribution in [2.75, 3.05) is 0 Å². The van der Waals surface area contributed by atoms with E-state index in [-0.39, 0.29) is 11.3 Å². The Morgan fingerprint density at radius 1 is 1.39 bits per heavy atom. The molecule has 0 N–H and O–H groups in total. The Kier molecular flexibility index (Phi) is 2.22. The molecule has 1 unspecified atom stereocenters. The maximum Gasteiger partial charge on any atom is 0.168 e. The highest BCUT2D eigenvalue weighted by Crippen LogP contribution is 2.53. The lowest BCUT2D eigenvalue weighted by Crippen LogP contribution is -2.05. The van der Waals surface area contributed by atoms with Crippen molar-refractivity contribution in [1.82, 2.24) is 4.57 Å². The number of hydrogen-bond donors (Lipinski definition) is 0. The van der Waals surface area contributed by atoms with Crippen LogP contribution in [0.3, 0.4) is 0 Å². The Balaban J connectivity index is 2.11. The van der Waals surface area contributed by atoms with Crippen molar-refractivity contribution in [3.8, 4) is 0 Å². The summed E-state index contributed by atoms with van der Waals surface area (Å²) in [6.07, 6.45) is 3.01. The monoisotopic (exact) mass is 241 g/mol. The van der Waals surface area contributed by atoms with Gasteiger partial charge in [-0.2, -0.15) is 0 Å². The van der Waals surface area contributed by atoms with E-state index in [1.165, 1.54) is 5.56 Å². The predicted molar refractivity (Wildman–Crippen MR) is 73.9 cm³/mol. The first-order valence-corrected chi connectivity index (χ1v) is 6.50. The summed E-state index contributed by atoms with van der Waals surface area (Å²) in [6, 6.07) is 6.30. The van der Waals surface area contributed by atoms with Gasteiger partial charge in [-0.3, -0.25) is 4.79 Å². The summed E-state index contributed by atoms with van der Waals surface area (Å²) in [5.74, 6) is 0.527. The third-order valence-corrected chi connectivity index (χ3v) is 4.24. The van der Waals surface area contributed by atoms with Crippen molar-refractivity contribution in [2.45, 2.75) is 27.2 Å². The number of nitrogens with zero attached hydrogens (tertiary/aromatic N) is 1. The minimum Gasteiger partial charge on any atom is -0.350 e. The second-order valence-electron chi connectivity index (χ2n) is 6.28. The van der Waals surface area contributed by atoms with Gasteiger partial charge in [0.05, 0.1) is 0 Å². The van der Waals surface area contributed by atoms with E-state index in [1.54, 1.807) is 0 Å². The largest absolute Gasteiger partial charge is 0.350 e. The normalized spacial score (nSPS) is 21.2. The van der Waals surface area contributed by atoms with Crippen LogP contribution in [-0.2, 0) is 7.05 Å². The molecule has 1 fully saturated rings. The van der Waals surface area contributed by atoms with E-state index < -0.39 is 0 Å². The van der Waals surface area contributed by atoms with Gasteiger partial charge in [-0.1, -0.05) is 26.0 Å². The van der Waals surface area contributed by atoms with Crippen LogP contribution in [-0.4, -0.2) is 10.4 Å². The molecule has 3 rings (SSSR count). The Labute approximate surface area is 108 Å². The molecule has 1 aliphatic carbocycles. The number of carbonyl (C=O) groups excluding carboxylic acids is 1. The van der Waals surface area contributed by atoms with Gasteiger partial charge in [0.1, 0.15) is 0 Å². The topological polar surface area (TPSA) is 22.0 Å². The van der Waals surface area contributed by atoms with Crippen LogP contribution >= 0.6 is 0 Å². The molecule has 0 saturated heterocycles. The molecule has 0 aliphatic heterocycles. The van der Waals surface area contributed by atoms with E-state index in [9.17, 15) is 4.79 Å². The molecular weight excluding hydrogens is 222 g/mol. The van der Waals surface area contributed by atoms with E-state index >= 15 is 0 Å². The summed E-state index contributed by atoms with van der Waals surface area (Å²) < 4.78 is 2.06. The van der Waals surface area contributed by atoms with Crippen molar-refractivity contribution in [1.29, 1.82) is 0 Å². The third-order valence-electron chi connectivity index (χ3n) is 4.24. The van der Waals surface area contributed by atoms with Gasteiger partial charge >= 0.3 is 0 Å². The summed E-state index contributed by atoms with van der Waals surface area (Å²) in [5, 5.41) is 1.09. The lowest BCUT2D eigenvalue weighted by Gasteiger charge is -2.02. The van der Waals surface area contributed by atoms with E-state index in [0.29, 0.717) is 5.78 Å². The van der Waals surface area contributed by atoms with Gasteiger partial charge in [0, 0.05) is 35.6 Å². The van der Waals surface area contributed by atoms with Crippen molar-refractivity contribution >= 4 is 16.7 Å². The summed E-state index contributed by atoms with van der Waals surface area (Å²) in [7, 11) is 2.01. The average Bonchev–Trinajstić information content (AvgIpc) is 2.82. The third kappa shape index (κ3) is 1.59. The average molecular weight is 241 g/mol. The highest BCUT2D eigenvalue weighted by molar-refractivity contribution is 6.10. The zero-order valence-corrected chi connectivity index (χ0v) is 11.4. The molecule has 2 heteroatoms. The van der Waals surface area contributed by atoms with Gasteiger partial charge in [-0.25, -0.2) is 0 Å². The zero-order valence-electron chi connectivity index (χ0n) is 11.4. The molecule has 1 heterocycles. The first kappa shape index (κ1) is 11.5. The molecule has 1 saturated carbocycles. The van der Waals surface area contributed by atoms with Gasteiger partial charge in [0.2, 0.25) is 0 Å². The van der Waals surface area contributed by atoms with Crippen LogP contribution in [0, 0.1) is 18.3 Å². The van der Waals surface area contributed by atoms with Crippen molar-refractivity contribution < 1.29 is 4.79 Å². The lowest BCUT2D eigenvalue weighted by molar-refractivity contribution is 0.0954. The van der Waals surface area contributed by atoms with E-state index in [1.807, 2.05) is 13.2 Å². The summed E-state index contributed by atoms with van der Waals surface area (Å²) in [5.41, 5.74) is 3.47. The van der Waals surface area contributed by atoms with Crippen LogP contribution in [0.15, 0.2) is 24.4 Å². The number of Topliss-reactive ketones (excluding diaryl/α,β-unsaturated/α-hetero) is 1. The SMILES string of the molecule is Cc1ccc2c(C(=O)C3CC3(C)C)cn(C)c2c1. The molecule has 94 valence electrons. The van der Waals surface area contributed by atoms with E-state index in [0.717, 1.165) is 22.9 Å². The minimum absolute atomic E-state index is 0.198. The molecule has 2 aromatic rings. The zero-order chi connectivity index (χ0) is 13.1. The van der Waals surface area contributed by atoms with Gasteiger partial charge < -0.3 is 4.57 Å². The number of rotatable bonds is 2. The number of benzene rings is 1. The summed E-state index contributed by atoms with van der Waals surface area (Å²) >= 11 is 0. The molecule has 0 spiro atoms. The summed E-state index contributed by atoms with van der Waals surface area (Å²) in [6.45, 7) is 6.42. The first-order chi connectivity index (χ1) is 8.40. The lowest BCUT2D eigenvalue weighted by atomic mass is 10.0. The number of hydrogen-bond acceptors (Lipinski definition) is 1. The van der Waals surface area contributed by atoms with Crippen LogP contribution in [0.1, 0.15) is 36.2 Å². The minimum atomic E-state index is 0.198. The summed E-state index contributed by atoms with van der Waals surface area (Å²) in [4.78, 5) is 12.5. The van der Waals surface area contributed by atoms with E-state index in [4.69, 9.17) is 0 Å². The molecule has 0 amide bonds. The Bertz CT molecular complexity index is 648. The molecule has 1 aromatic carbocycles. The molecule has 1 atom stereocenters.